The average molecular weight is 656 g/mol. The molecule has 2 heterocycles. The van der Waals surface area contributed by atoms with E-state index in [-0.39, 0.29) is 17.3 Å². The van der Waals surface area contributed by atoms with Gasteiger partial charge in [-0.05, 0) is 96.5 Å². The Bertz CT molecular complexity index is 2140. The molecule has 0 atom stereocenters. The van der Waals surface area contributed by atoms with E-state index >= 15 is 0 Å². The van der Waals surface area contributed by atoms with Crippen molar-refractivity contribution < 1.29 is 14.5 Å². The first-order valence-electron chi connectivity index (χ1n) is 17.2. The Morgan fingerprint density at radius 1 is 0.854 bits per heavy atom. The third-order valence-electron chi connectivity index (χ3n) is 10.7. The second-order valence-electron chi connectivity index (χ2n) is 14.3. The molecule has 0 spiro atoms. The topological polar surface area (TPSA) is 43.5 Å². The van der Waals surface area contributed by atoms with E-state index in [4.69, 9.17) is 11.6 Å². The van der Waals surface area contributed by atoms with Crippen LogP contribution >= 0.6 is 11.6 Å². The third kappa shape index (κ3) is 5.22. The van der Waals surface area contributed by atoms with Gasteiger partial charge in [-0.1, -0.05) is 92.2 Å². The summed E-state index contributed by atoms with van der Waals surface area (Å²) >= 11 is 7.22. The van der Waals surface area contributed by atoms with E-state index in [1.807, 2.05) is 0 Å². The lowest BCUT2D eigenvalue weighted by atomic mass is 9.78. The van der Waals surface area contributed by atoms with Gasteiger partial charge in [-0.2, -0.15) is 4.58 Å². The summed E-state index contributed by atoms with van der Waals surface area (Å²) in [5.74, 6) is -0.796. The predicted octanol–water partition coefficient (Wildman–Crippen LogP) is 10.7. The molecular weight excluding hydrogens is 612 g/mol. The van der Waals surface area contributed by atoms with E-state index in [1.54, 1.807) is 0 Å². The first-order valence-corrected chi connectivity index (χ1v) is 17.6. The van der Waals surface area contributed by atoms with Crippen LogP contribution in [0.4, 0.5) is 11.4 Å². The molecule has 3 aliphatic rings. The second-order valence-corrected chi connectivity index (χ2v) is 14.7. The van der Waals surface area contributed by atoms with E-state index in [2.05, 4.69) is 141 Å². The first kappa shape index (κ1) is 32.2. The lowest BCUT2D eigenvalue weighted by Gasteiger charge is -2.27. The molecule has 1 aliphatic carbocycles. The number of allylic oxidation sites excluding steroid dienone is 8. The maximum atomic E-state index is 11.7. The molecule has 4 nitrogen and oxygen atoms in total. The van der Waals surface area contributed by atoms with Gasteiger partial charge in [0.05, 0.1) is 11.8 Å². The van der Waals surface area contributed by atoms with Crippen LogP contribution in [0.15, 0.2) is 119 Å². The number of fused-ring (bicyclic) bond motifs is 6. The van der Waals surface area contributed by atoms with Gasteiger partial charge in [-0.3, -0.25) is 4.79 Å². The second kappa shape index (κ2) is 12.2. The summed E-state index contributed by atoms with van der Waals surface area (Å²) in [6.45, 7) is 12.7. The molecule has 0 radical (unpaired) electrons. The zero-order valence-corrected chi connectivity index (χ0v) is 29.4. The van der Waals surface area contributed by atoms with E-state index in [9.17, 15) is 9.90 Å². The molecule has 48 heavy (non-hydrogen) atoms. The number of hydrogen-bond donors (Lipinski definition) is 1. The molecule has 4 aromatic rings. The van der Waals surface area contributed by atoms with Gasteiger partial charge in [-0.15, -0.1) is 0 Å². The summed E-state index contributed by atoms with van der Waals surface area (Å²) in [7, 11) is 0. The molecule has 7 rings (SSSR count). The number of nitrogens with zero attached hydrogens (tertiary/aromatic N) is 2. The zero-order valence-electron chi connectivity index (χ0n) is 28.6. The summed E-state index contributed by atoms with van der Waals surface area (Å²) in [4.78, 5) is 13.9. The molecule has 0 saturated heterocycles. The number of halogens is 1. The van der Waals surface area contributed by atoms with E-state index < -0.39 is 5.97 Å². The van der Waals surface area contributed by atoms with Crippen molar-refractivity contribution in [2.24, 2.45) is 0 Å². The third-order valence-corrected chi connectivity index (χ3v) is 11.2. The van der Waals surface area contributed by atoms with E-state index in [0.717, 1.165) is 53.4 Å². The summed E-state index contributed by atoms with van der Waals surface area (Å²) in [5.41, 5.74) is 9.22. The van der Waals surface area contributed by atoms with Gasteiger partial charge in [0, 0.05) is 46.1 Å². The molecule has 244 valence electrons. The largest absolute Gasteiger partial charge is 0.481 e. The standard InChI is InChI=1S/C43H43ClN2O2/c1-6-45-34-22-18-28-12-7-9-16-32(28)39(34)42(2,3)36(45)24-20-30-14-11-15-31(41(30)44)21-25-37-43(4,5)40-33-17-10-8-13-29(33)19-23-35(40)46(37)27-26-38(47)48/h7-10,12-13,16-25H,6,11,14-15,26-27H2,1-5H3/p+1. The van der Waals surface area contributed by atoms with E-state index in [1.165, 1.54) is 44.1 Å². The molecule has 0 unspecified atom stereocenters. The molecule has 0 bridgehead atoms. The summed E-state index contributed by atoms with van der Waals surface area (Å²) < 4.78 is 2.45. The average Bonchev–Trinajstić information content (AvgIpc) is 3.44. The number of hydrogen-bond acceptors (Lipinski definition) is 2. The highest BCUT2D eigenvalue weighted by atomic mass is 35.5. The van der Waals surface area contributed by atoms with Crippen molar-refractivity contribution in [2.75, 3.05) is 18.0 Å². The van der Waals surface area contributed by atoms with Gasteiger partial charge in [0.15, 0.2) is 5.71 Å². The molecule has 1 N–H and O–H groups in total. The molecule has 0 fully saturated rings. The minimum atomic E-state index is -0.796. The molecule has 0 saturated carbocycles. The number of carbonyl (C=O) groups is 1. The quantitative estimate of drug-likeness (QED) is 0.201. The molecule has 4 aromatic carbocycles. The maximum absolute atomic E-state index is 11.7. The minimum absolute atomic E-state index is 0.0650. The van der Waals surface area contributed by atoms with Crippen molar-refractivity contribution in [3.05, 3.63) is 130 Å². The fourth-order valence-electron chi connectivity index (χ4n) is 8.43. The van der Waals surface area contributed by atoms with Gasteiger partial charge in [0.1, 0.15) is 6.54 Å². The van der Waals surface area contributed by atoms with Crippen molar-refractivity contribution in [3.8, 4) is 0 Å². The Hall–Kier alpha value is -4.41. The lowest BCUT2D eigenvalue weighted by Crippen LogP contribution is -2.28. The first-order chi connectivity index (χ1) is 23.0. The van der Waals surface area contributed by atoms with Crippen molar-refractivity contribution in [1.82, 2.24) is 0 Å². The summed E-state index contributed by atoms with van der Waals surface area (Å²) in [6.07, 6.45) is 11.9. The summed E-state index contributed by atoms with van der Waals surface area (Å²) in [5, 5.41) is 15.4. The molecule has 0 amide bonds. The highest BCUT2D eigenvalue weighted by Crippen LogP contribution is 2.51. The molecular formula is C43H44ClN2O2+. The van der Waals surface area contributed by atoms with Crippen molar-refractivity contribution >= 4 is 56.2 Å². The van der Waals surface area contributed by atoms with Crippen LogP contribution in [-0.4, -0.2) is 34.5 Å². The van der Waals surface area contributed by atoms with Crippen molar-refractivity contribution in [3.63, 3.8) is 0 Å². The normalized spacial score (nSPS) is 20.2. The van der Waals surface area contributed by atoms with Crippen molar-refractivity contribution in [2.45, 2.75) is 71.1 Å². The number of benzene rings is 4. The van der Waals surface area contributed by atoms with Crippen LogP contribution < -0.4 is 4.90 Å². The van der Waals surface area contributed by atoms with Crippen LogP contribution in [0, 0.1) is 0 Å². The maximum Gasteiger partial charge on any atom is 0.305 e. The van der Waals surface area contributed by atoms with Crippen molar-refractivity contribution in [1.29, 1.82) is 0 Å². The number of rotatable bonds is 7. The highest BCUT2D eigenvalue weighted by molar-refractivity contribution is 6.32. The lowest BCUT2D eigenvalue weighted by molar-refractivity contribution is -0.433. The van der Waals surface area contributed by atoms with Gasteiger partial charge < -0.3 is 10.0 Å². The fourth-order valence-corrected chi connectivity index (χ4v) is 8.74. The Morgan fingerprint density at radius 2 is 1.52 bits per heavy atom. The fraction of sp³-hybridized carbons (Fsp3) is 0.302. The summed E-state index contributed by atoms with van der Waals surface area (Å²) in [6, 6.07) is 26.0. The van der Waals surface area contributed by atoms with Crippen LogP contribution in [0.25, 0.3) is 21.5 Å². The number of aliphatic carboxylic acids is 1. The van der Waals surface area contributed by atoms with Gasteiger partial charge in [0.25, 0.3) is 0 Å². The Kier molecular flexibility index (Phi) is 8.20. The van der Waals surface area contributed by atoms with Crippen LogP contribution in [0.2, 0.25) is 0 Å². The Balaban J connectivity index is 1.25. The van der Waals surface area contributed by atoms with Gasteiger partial charge in [-0.25, -0.2) is 0 Å². The smallest absolute Gasteiger partial charge is 0.305 e. The van der Waals surface area contributed by atoms with Crippen LogP contribution in [0.1, 0.15) is 71.4 Å². The minimum Gasteiger partial charge on any atom is -0.481 e. The molecule has 0 aromatic heterocycles. The van der Waals surface area contributed by atoms with Crippen LogP contribution in [0.3, 0.4) is 0 Å². The number of carboxylic acid groups (broad SMARTS) is 1. The van der Waals surface area contributed by atoms with Gasteiger partial charge in [0.2, 0.25) is 5.69 Å². The number of anilines is 1. The number of carboxylic acids is 1. The predicted molar refractivity (Wildman–Crippen MR) is 201 cm³/mol. The Morgan fingerprint density at radius 3 is 2.21 bits per heavy atom. The molecule has 5 heteroatoms. The SMILES string of the molecule is CC[N+]1=C(/C=C/C2=C(Cl)C(=C/C=C3/N(CCC(=O)O)c4ccc5ccccc5c4C3(C)C)/CCC2)C(C)(C)c2c1ccc1ccccc21. The van der Waals surface area contributed by atoms with E-state index in [0.29, 0.717) is 6.54 Å². The Labute approximate surface area is 289 Å². The zero-order chi connectivity index (χ0) is 33.8. The highest BCUT2D eigenvalue weighted by Gasteiger charge is 2.45. The molecule has 2 aliphatic heterocycles. The van der Waals surface area contributed by atoms with Crippen LogP contribution in [-0.2, 0) is 15.6 Å². The monoisotopic (exact) mass is 655 g/mol. The van der Waals surface area contributed by atoms with Crippen LogP contribution in [0.5, 0.6) is 0 Å². The van der Waals surface area contributed by atoms with Gasteiger partial charge >= 0.3 is 5.97 Å².